The number of amides is 1. The molecule has 1 aliphatic heterocycles. The summed E-state index contributed by atoms with van der Waals surface area (Å²) < 4.78 is 0. The Kier molecular flexibility index (Phi) is 4.97. The fourth-order valence-electron chi connectivity index (χ4n) is 2.54. The molecule has 1 aromatic rings. The molecule has 0 bridgehead atoms. The standard InChI is InChI=1S/C16H23N3OS2/c1-4-5-12-18-15(21-8-13(20)17-11-6-7-11)14-9(2)10(3)22-16(14)19-12/h9-11H,4-8H2,1-3H3,(H,17,20)/t9-,10-/m0/s1. The van der Waals surface area contributed by atoms with Gasteiger partial charge in [0.25, 0.3) is 0 Å². The van der Waals surface area contributed by atoms with Crippen molar-refractivity contribution in [2.24, 2.45) is 0 Å². The van der Waals surface area contributed by atoms with E-state index in [4.69, 9.17) is 9.97 Å². The molecule has 120 valence electrons. The molecule has 4 nitrogen and oxygen atoms in total. The van der Waals surface area contributed by atoms with Crippen LogP contribution < -0.4 is 5.32 Å². The Morgan fingerprint density at radius 1 is 1.36 bits per heavy atom. The number of fused-ring (bicyclic) bond motifs is 1. The Morgan fingerprint density at radius 2 is 2.14 bits per heavy atom. The van der Waals surface area contributed by atoms with Crippen LogP contribution in [0.1, 0.15) is 57.3 Å². The fourth-order valence-corrected chi connectivity index (χ4v) is 4.82. The van der Waals surface area contributed by atoms with Crippen molar-refractivity contribution in [3.8, 4) is 0 Å². The van der Waals surface area contributed by atoms with Crippen molar-refractivity contribution in [2.45, 2.75) is 73.7 Å². The minimum absolute atomic E-state index is 0.128. The highest BCUT2D eigenvalue weighted by Gasteiger charge is 2.32. The number of carbonyl (C=O) groups excluding carboxylic acids is 1. The van der Waals surface area contributed by atoms with Crippen molar-refractivity contribution in [3.63, 3.8) is 0 Å². The number of aryl methyl sites for hydroxylation is 1. The van der Waals surface area contributed by atoms with Gasteiger partial charge in [-0.1, -0.05) is 32.5 Å². The lowest BCUT2D eigenvalue weighted by Crippen LogP contribution is -2.27. The van der Waals surface area contributed by atoms with Gasteiger partial charge in [0.15, 0.2) is 0 Å². The van der Waals surface area contributed by atoms with Crippen molar-refractivity contribution >= 4 is 29.4 Å². The van der Waals surface area contributed by atoms with E-state index in [9.17, 15) is 4.79 Å². The van der Waals surface area contributed by atoms with Crippen LogP contribution in [0, 0.1) is 0 Å². The van der Waals surface area contributed by atoms with Gasteiger partial charge in [0.2, 0.25) is 5.91 Å². The van der Waals surface area contributed by atoms with Crippen molar-refractivity contribution in [1.82, 2.24) is 15.3 Å². The molecule has 0 unspecified atom stereocenters. The molecule has 2 aliphatic rings. The highest BCUT2D eigenvalue weighted by atomic mass is 32.2. The Bertz CT molecular complexity index is 575. The summed E-state index contributed by atoms with van der Waals surface area (Å²) in [5.41, 5.74) is 1.25. The number of aromatic nitrogens is 2. The minimum atomic E-state index is 0.128. The van der Waals surface area contributed by atoms with Crippen molar-refractivity contribution in [3.05, 3.63) is 11.4 Å². The normalized spacial score (nSPS) is 23.4. The molecule has 1 fully saturated rings. The number of nitrogens with zero attached hydrogens (tertiary/aromatic N) is 2. The quantitative estimate of drug-likeness (QED) is 0.637. The summed E-state index contributed by atoms with van der Waals surface area (Å²) in [5.74, 6) is 1.95. The van der Waals surface area contributed by atoms with Crippen molar-refractivity contribution in [2.75, 3.05) is 5.75 Å². The van der Waals surface area contributed by atoms with E-state index in [-0.39, 0.29) is 5.91 Å². The first-order chi connectivity index (χ1) is 10.6. The minimum Gasteiger partial charge on any atom is -0.353 e. The highest BCUT2D eigenvalue weighted by molar-refractivity contribution is 8.01. The summed E-state index contributed by atoms with van der Waals surface area (Å²) in [6.07, 6.45) is 4.20. The first-order valence-electron chi connectivity index (χ1n) is 8.08. The monoisotopic (exact) mass is 337 g/mol. The van der Waals surface area contributed by atoms with Gasteiger partial charge in [-0.15, -0.1) is 11.8 Å². The average Bonchev–Trinajstić information content (AvgIpc) is 3.23. The van der Waals surface area contributed by atoms with E-state index >= 15 is 0 Å². The maximum atomic E-state index is 11.9. The number of nitrogens with one attached hydrogen (secondary N) is 1. The summed E-state index contributed by atoms with van der Waals surface area (Å²) in [5, 5.41) is 5.72. The highest BCUT2D eigenvalue weighted by Crippen LogP contribution is 2.47. The molecule has 1 saturated carbocycles. The van der Waals surface area contributed by atoms with Crippen LogP contribution in [0.5, 0.6) is 0 Å². The molecule has 2 atom stereocenters. The molecule has 0 saturated heterocycles. The molecule has 1 aromatic heterocycles. The van der Waals surface area contributed by atoms with E-state index in [1.165, 1.54) is 5.56 Å². The Hall–Kier alpha value is -0.750. The second-order valence-corrected chi connectivity index (χ2v) is 8.49. The molecule has 0 radical (unpaired) electrons. The topological polar surface area (TPSA) is 54.9 Å². The van der Waals surface area contributed by atoms with Crippen LogP contribution in [-0.4, -0.2) is 32.9 Å². The molecule has 0 spiro atoms. The molecular formula is C16H23N3OS2. The molecule has 1 amide bonds. The van der Waals surface area contributed by atoms with Crippen molar-refractivity contribution < 1.29 is 4.79 Å². The second kappa shape index (κ2) is 6.79. The zero-order chi connectivity index (χ0) is 15.7. The van der Waals surface area contributed by atoms with Gasteiger partial charge < -0.3 is 5.32 Å². The molecule has 1 aliphatic carbocycles. The van der Waals surface area contributed by atoms with E-state index in [1.54, 1.807) is 11.8 Å². The average molecular weight is 338 g/mol. The van der Waals surface area contributed by atoms with Gasteiger partial charge >= 0.3 is 0 Å². The second-order valence-electron chi connectivity index (χ2n) is 6.16. The van der Waals surface area contributed by atoms with E-state index in [2.05, 4.69) is 26.1 Å². The zero-order valence-electron chi connectivity index (χ0n) is 13.4. The maximum absolute atomic E-state index is 11.9. The number of rotatable bonds is 6. The predicted octanol–water partition coefficient (Wildman–Crippen LogP) is 3.40. The molecule has 3 rings (SSSR count). The molecule has 22 heavy (non-hydrogen) atoms. The first-order valence-corrected chi connectivity index (χ1v) is 9.94. The van der Waals surface area contributed by atoms with Crippen LogP contribution in [0.3, 0.4) is 0 Å². The van der Waals surface area contributed by atoms with E-state index < -0.39 is 0 Å². The van der Waals surface area contributed by atoms with Crippen LogP contribution >= 0.6 is 23.5 Å². The summed E-state index contributed by atoms with van der Waals surface area (Å²) in [7, 11) is 0. The van der Waals surface area contributed by atoms with Crippen molar-refractivity contribution in [1.29, 1.82) is 0 Å². The summed E-state index contributed by atoms with van der Waals surface area (Å²) in [6.45, 7) is 6.62. The predicted molar refractivity (Wildman–Crippen MR) is 91.6 cm³/mol. The zero-order valence-corrected chi connectivity index (χ0v) is 15.0. The summed E-state index contributed by atoms with van der Waals surface area (Å²) in [4.78, 5) is 21.4. The first kappa shape index (κ1) is 16.1. The molecule has 2 heterocycles. The van der Waals surface area contributed by atoms with Crippen LogP contribution in [-0.2, 0) is 11.2 Å². The third-order valence-electron chi connectivity index (χ3n) is 4.14. The van der Waals surface area contributed by atoms with Gasteiger partial charge in [-0.05, 0) is 25.2 Å². The van der Waals surface area contributed by atoms with E-state index in [0.717, 1.165) is 41.6 Å². The number of hydrogen-bond donors (Lipinski definition) is 1. The lowest BCUT2D eigenvalue weighted by molar-refractivity contribution is -0.118. The van der Waals surface area contributed by atoms with Crippen LogP contribution in [0.15, 0.2) is 10.1 Å². The number of thioether (sulfide) groups is 2. The summed E-state index contributed by atoms with van der Waals surface area (Å²) >= 11 is 3.42. The lowest BCUT2D eigenvalue weighted by atomic mass is 10.0. The lowest BCUT2D eigenvalue weighted by Gasteiger charge is -2.13. The van der Waals surface area contributed by atoms with E-state index in [0.29, 0.717) is 23.0 Å². The number of carbonyl (C=O) groups is 1. The smallest absolute Gasteiger partial charge is 0.230 e. The van der Waals surface area contributed by atoms with Crippen LogP contribution in [0.4, 0.5) is 0 Å². The Balaban J connectivity index is 1.77. The molecular weight excluding hydrogens is 314 g/mol. The molecule has 1 N–H and O–H groups in total. The van der Waals surface area contributed by atoms with Crippen LogP contribution in [0.25, 0.3) is 0 Å². The summed E-state index contributed by atoms with van der Waals surface area (Å²) in [6, 6.07) is 0.425. The third-order valence-corrected chi connectivity index (χ3v) is 6.44. The van der Waals surface area contributed by atoms with E-state index in [1.807, 2.05) is 11.8 Å². The molecule has 0 aromatic carbocycles. The van der Waals surface area contributed by atoms with Gasteiger partial charge in [-0.2, -0.15) is 0 Å². The van der Waals surface area contributed by atoms with Gasteiger partial charge in [-0.3, -0.25) is 4.79 Å². The SMILES string of the molecule is CCCc1nc(SCC(=O)NC2CC2)c2c(n1)S[C@@H](C)[C@@H]2C. The van der Waals surface area contributed by atoms with Gasteiger partial charge in [0.05, 0.1) is 5.75 Å². The largest absolute Gasteiger partial charge is 0.353 e. The van der Waals surface area contributed by atoms with Gasteiger partial charge in [0.1, 0.15) is 15.9 Å². The Labute approximate surface area is 140 Å². The van der Waals surface area contributed by atoms with Gasteiger partial charge in [-0.25, -0.2) is 9.97 Å². The number of hydrogen-bond acceptors (Lipinski definition) is 5. The third kappa shape index (κ3) is 3.59. The van der Waals surface area contributed by atoms with Crippen LogP contribution in [0.2, 0.25) is 0 Å². The fraction of sp³-hybridized carbons (Fsp3) is 0.688. The Morgan fingerprint density at radius 3 is 2.82 bits per heavy atom. The maximum Gasteiger partial charge on any atom is 0.230 e. The van der Waals surface area contributed by atoms with Gasteiger partial charge in [0, 0.05) is 23.3 Å². The molecule has 6 heteroatoms.